The van der Waals surface area contributed by atoms with E-state index in [0.717, 1.165) is 25.7 Å². The fourth-order valence-corrected chi connectivity index (χ4v) is 2.63. The van der Waals surface area contributed by atoms with Gasteiger partial charge in [0.25, 0.3) is 0 Å². The van der Waals surface area contributed by atoms with Crippen molar-refractivity contribution in [2.75, 3.05) is 0 Å². The molecule has 0 aromatic carbocycles. The van der Waals surface area contributed by atoms with Crippen LogP contribution < -0.4 is 5.32 Å². The van der Waals surface area contributed by atoms with Gasteiger partial charge in [-0.15, -0.1) is 0 Å². The van der Waals surface area contributed by atoms with Crippen molar-refractivity contribution in [3.63, 3.8) is 0 Å². The van der Waals surface area contributed by atoms with Gasteiger partial charge in [0.1, 0.15) is 5.60 Å². The largest absolute Gasteiger partial charge is 0.481 e. The van der Waals surface area contributed by atoms with E-state index in [9.17, 15) is 9.59 Å². The fourth-order valence-electron chi connectivity index (χ4n) is 2.63. The molecule has 0 bridgehead atoms. The van der Waals surface area contributed by atoms with Crippen LogP contribution in [0.1, 0.15) is 59.8 Å². The number of carbonyl (C=O) groups is 2. The third-order valence-electron chi connectivity index (χ3n) is 3.45. The third kappa shape index (κ3) is 5.09. The van der Waals surface area contributed by atoms with Crippen LogP contribution in [0.5, 0.6) is 0 Å². The Bertz CT molecular complexity index is 340. The van der Waals surface area contributed by atoms with Crippen LogP contribution in [-0.4, -0.2) is 28.3 Å². The average Bonchev–Trinajstić information content (AvgIpc) is 2.62. The van der Waals surface area contributed by atoms with E-state index in [1.54, 1.807) is 6.92 Å². The van der Waals surface area contributed by atoms with Gasteiger partial charge in [-0.2, -0.15) is 0 Å². The molecule has 1 atom stereocenters. The molecule has 0 spiro atoms. The Morgan fingerprint density at radius 2 is 1.84 bits per heavy atom. The Kier molecular flexibility index (Phi) is 4.82. The summed E-state index contributed by atoms with van der Waals surface area (Å²) in [6, 6.07) is 0. The molecule has 0 saturated heterocycles. The molecule has 5 nitrogen and oxygen atoms in total. The van der Waals surface area contributed by atoms with Gasteiger partial charge in [0.2, 0.25) is 0 Å². The van der Waals surface area contributed by atoms with Gasteiger partial charge in [-0.3, -0.25) is 4.79 Å². The molecule has 1 rings (SSSR count). The zero-order chi connectivity index (χ0) is 14.7. The van der Waals surface area contributed by atoms with Crippen LogP contribution in [0, 0.1) is 5.92 Å². The van der Waals surface area contributed by atoms with Gasteiger partial charge < -0.3 is 15.2 Å². The van der Waals surface area contributed by atoms with Gasteiger partial charge in [-0.1, -0.05) is 19.8 Å². The first-order chi connectivity index (χ1) is 8.64. The summed E-state index contributed by atoms with van der Waals surface area (Å²) < 4.78 is 5.27. The Hall–Kier alpha value is -1.26. The highest BCUT2D eigenvalue weighted by Gasteiger charge is 2.39. The van der Waals surface area contributed by atoms with Crippen molar-refractivity contribution < 1.29 is 19.4 Å². The number of carboxylic acid groups (broad SMARTS) is 1. The number of amides is 1. The van der Waals surface area contributed by atoms with Crippen molar-refractivity contribution >= 4 is 12.1 Å². The lowest BCUT2D eigenvalue weighted by atomic mass is 9.86. The molecule has 5 heteroatoms. The Morgan fingerprint density at radius 1 is 1.32 bits per heavy atom. The lowest BCUT2D eigenvalue weighted by molar-refractivity contribution is -0.142. The molecule has 19 heavy (non-hydrogen) atoms. The van der Waals surface area contributed by atoms with Gasteiger partial charge in [0.15, 0.2) is 0 Å². The highest BCUT2D eigenvalue weighted by atomic mass is 16.6. The zero-order valence-corrected chi connectivity index (χ0v) is 12.3. The summed E-state index contributed by atoms with van der Waals surface area (Å²) in [6.07, 6.45) is 3.69. The normalized spacial score (nSPS) is 19.8. The number of nitrogens with one attached hydrogen (secondary N) is 1. The minimum absolute atomic E-state index is 0.417. The van der Waals surface area contributed by atoms with E-state index in [4.69, 9.17) is 9.84 Å². The smallest absolute Gasteiger partial charge is 0.408 e. The van der Waals surface area contributed by atoms with Gasteiger partial charge in [-0.25, -0.2) is 4.79 Å². The molecule has 0 aromatic rings. The average molecular weight is 271 g/mol. The molecule has 0 radical (unpaired) electrons. The molecule has 1 aliphatic carbocycles. The van der Waals surface area contributed by atoms with Crippen LogP contribution in [-0.2, 0) is 9.53 Å². The van der Waals surface area contributed by atoms with E-state index in [-0.39, 0.29) is 0 Å². The SMILES string of the molecule is CC(CC1(NC(=O)OC(C)(C)C)CCCC1)C(=O)O. The number of ether oxygens (including phenoxy) is 1. The zero-order valence-electron chi connectivity index (χ0n) is 12.3. The maximum absolute atomic E-state index is 11.9. The van der Waals surface area contributed by atoms with Crippen molar-refractivity contribution in [2.24, 2.45) is 5.92 Å². The Balaban J connectivity index is 2.67. The van der Waals surface area contributed by atoms with Gasteiger partial charge in [-0.05, 0) is 40.0 Å². The first-order valence-corrected chi connectivity index (χ1v) is 6.88. The van der Waals surface area contributed by atoms with Crippen molar-refractivity contribution in [1.29, 1.82) is 0 Å². The van der Waals surface area contributed by atoms with Crippen LogP contribution in [0.3, 0.4) is 0 Å². The topological polar surface area (TPSA) is 75.6 Å². The quantitative estimate of drug-likeness (QED) is 0.824. The summed E-state index contributed by atoms with van der Waals surface area (Å²) in [7, 11) is 0. The molecular weight excluding hydrogens is 246 g/mol. The van der Waals surface area contributed by atoms with Crippen LogP contribution in [0.4, 0.5) is 4.79 Å². The second-order valence-corrected chi connectivity index (χ2v) is 6.56. The summed E-state index contributed by atoms with van der Waals surface area (Å²) in [4.78, 5) is 22.9. The monoisotopic (exact) mass is 271 g/mol. The lowest BCUT2D eigenvalue weighted by Crippen LogP contribution is -2.49. The summed E-state index contributed by atoms with van der Waals surface area (Å²) >= 11 is 0. The number of hydrogen-bond donors (Lipinski definition) is 2. The van der Waals surface area contributed by atoms with Crippen molar-refractivity contribution in [1.82, 2.24) is 5.32 Å². The number of carbonyl (C=O) groups excluding carboxylic acids is 1. The van der Waals surface area contributed by atoms with Gasteiger partial charge >= 0.3 is 12.1 Å². The van der Waals surface area contributed by atoms with Crippen molar-refractivity contribution in [3.8, 4) is 0 Å². The van der Waals surface area contributed by atoms with Crippen LogP contribution >= 0.6 is 0 Å². The van der Waals surface area contributed by atoms with E-state index in [1.807, 2.05) is 20.8 Å². The molecule has 110 valence electrons. The van der Waals surface area contributed by atoms with Crippen LogP contribution in [0.2, 0.25) is 0 Å². The number of carboxylic acids is 1. The molecule has 0 aromatic heterocycles. The Morgan fingerprint density at radius 3 is 2.26 bits per heavy atom. The number of alkyl carbamates (subject to hydrolysis) is 1. The highest BCUT2D eigenvalue weighted by Crippen LogP contribution is 2.35. The summed E-state index contributed by atoms with van der Waals surface area (Å²) in [6.45, 7) is 7.12. The molecule has 0 heterocycles. The molecule has 1 unspecified atom stereocenters. The highest BCUT2D eigenvalue weighted by molar-refractivity contribution is 5.71. The number of aliphatic carboxylic acids is 1. The molecular formula is C14H25NO4. The van der Waals surface area contributed by atoms with E-state index < -0.39 is 29.1 Å². The Labute approximate surface area is 114 Å². The second-order valence-electron chi connectivity index (χ2n) is 6.56. The maximum atomic E-state index is 11.9. The number of rotatable bonds is 4. The minimum atomic E-state index is -0.822. The molecule has 1 amide bonds. The van der Waals surface area contributed by atoms with E-state index in [1.165, 1.54) is 0 Å². The third-order valence-corrected chi connectivity index (χ3v) is 3.45. The van der Waals surface area contributed by atoms with Crippen LogP contribution in [0.15, 0.2) is 0 Å². The molecule has 2 N–H and O–H groups in total. The predicted octanol–water partition coefficient (Wildman–Crippen LogP) is 2.93. The predicted molar refractivity (Wildman–Crippen MR) is 72.0 cm³/mol. The van der Waals surface area contributed by atoms with Gasteiger partial charge in [0, 0.05) is 5.54 Å². The first-order valence-electron chi connectivity index (χ1n) is 6.88. The maximum Gasteiger partial charge on any atom is 0.408 e. The lowest BCUT2D eigenvalue weighted by Gasteiger charge is -2.33. The molecule has 1 saturated carbocycles. The van der Waals surface area contributed by atoms with E-state index in [2.05, 4.69) is 5.32 Å². The molecule has 0 aliphatic heterocycles. The van der Waals surface area contributed by atoms with E-state index >= 15 is 0 Å². The fraction of sp³-hybridized carbons (Fsp3) is 0.857. The van der Waals surface area contributed by atoms with Crippen LogP contribution in [0.25, 0.3) is 0 Å². The summed E-state index contributed by atoms with van der Waals surface area (Å²) in [5.74, 6) is -1.29. The van der Waals surface area contributed by atoms with Gasteiger partial charge in [0.05, 0.1) is 5.92 Å². The second kappa shape index (κ2) is 5.80. The first kappa shape index (κ1) is 15.8. The van der Waals surface area contributed by atoms with Crippen molar-refractivity contribution in [2.45, 2.75) is 70.9 Å². The minimum Gasteiger partial charge on any atom is -0.481 e. The molecule has 1 aliphatic rings. The van der Waals surface area contributed by atoms with Crippen molar-refractivity contribution in [3.05, 3.63) is 0 Å². The van der Waals surface area contributed by atoms with E-state index in [0.29, 0.717) is 6.42 Å². The standard InChI is InChI=1S/C14H25NO4/c1-10(11(16)17)9-14(7-5-6-8-14)15-12(18)19-13(2,3)4/h10H,5-9H2,1-4H3,(H,15,18)(H,16,17). The summed E-state index contributed by atoms with van der Waals surface area (Å²) in [5.41, 5.74) is -0.956. The summed E-state index contributed by atoms with van der Waals surface area (Å²) in [5, 5.41) is 11.9. The molecule has 1 fully saturated rings. The number of hydrogen-bond acceptors (Lipinski definition) is 3.